The van der Waals surface area contributed by atoms with Crippen LogP contribution in [0.4, 0.5) is 16.3 Å². The Morgan fingerprint density at radius 3 is 2.58 bits per heavy atom. The second kappa shape index (κ2) is 11.2. The lowest BCUT2D eigenvalue weighted by molar-refractivity contribution is 0.0358. The van der Waals surface area contributed by atoms with Crippen LogP contribution in [-0.4, -0.2) is 64.9 Å². The normalized spacial score (nSPS) is 14.5. The molecule has 0 radical (unpaired) electrons. The fourth-order valence-corrected chi connectivity index (χ4v) is 4.19. The highest BCUT2D eigenvalue weighted by molar-refractivity contribution is 5.99. The van der Waals surface area contributed by atoms with Crippen LogP contribution in [0.25, 0.3) is 16.9 Å². The number of anilines is 2. The van der Waals surface area contributed by atoms with Crippen molar-refractivity contribution in [2.24, 2.45) is 0 Å². The summed E-state index contributed by atoms with van der Waals surface area (Å²) in [5.74, 6) is 1.89. The van der Waals surface area contributed by atoms with Crippen LogP contribution in [-0.2, 0) is 10.2 Å². The van der Waals surface area contributed by atoms with Crippen LogP contribution < -0.4 is 15.4 Å². The van der Waals surface area contributed by atoms with E-state index in [-0.39, 0.29) is 5.41 Å². The first-order valence-corrected chi connectivity index (χ1v) is 12.9. The minimum Gasteiger partial charge on any atom is -0.492 e. The number of amides is 2. The molecule has 1 aliphatic rings. The molecule has 38 heavy (non-hydrogen) atoms. The molecule has 1 aliphatic heterocycles. The first-order valence-electron chi connectivity index (χ1n) is 12.9. The van der Waals surface area contributed by atoms with Gasteiger partial charge in [-0.3, -0.25) is 10.2 Å². The smallest absolute Gasteiger partial charge is 0.324 e. The quantitative estimate of drug-likeness (QED) is 0.315. The molecule has 1 aromatic carbocycles. The van der Waals surface area contributed by atoms with Gasteiger partial charge in [-0.15, -0.1) is 0 Å². The summed E-state index contributed by atoms with van der Waals surface area (Å²) in [6, 6.07) is 12.8. The third-order valence-corrected chi connectivity index (χ3v) is 6.34. The number of ether oxygens (including phenoxy) is 2. The number of carbonyl (C=O) groups excluding carboxylic acids is 1. The molecule has 0 aliphatic carbocycles. The first-order chi connectivity index (χ1) is 18.3. The van der Waals surface area contributed by atoms with Gasteiger partial charge in [0.15, 0.2) is 5.82 Å². The van der Waals surface area contributed by atoms with Gasteiger partial charge in [0.25, 0.3) is 0 Å². The summed E-state index contributed by atoms with van der Waals surface area (Å²) in [5, 5.41) is 9.42. The van der Waals surface area contributed by atoms with Gasteiger partial charge in [-0.2, -0.15) is 0 Å². The van der Waals surface area contributed by atoms with E-state index in [4.69, 9.17) is 19.0 Å². The number of nitrogens with zero attached hydrogens (tertiary/aromatic N) is 4. The second-order valence-electron chi connectivity index (χ2n) is 10.4. The number of hydrogen-bond acceptors (Lipinski definition) is 7. The van der Waals surface area contributed by atoms with Gasteiger partial charge in [0.2, 0.25) is 0 Å². The fourth-order valence-electron chi connectivity index (χ4n) is 4.19. The zero-order valence-electron chi connectivity index (χ0n) is 22.1. The number of aromatic nitrogens is 3. The van der Waals surface area contributed by atoms with E-state index >= 15 is 0 Å². The molecule has 2 amide bonds. The van der Waals surface area contributed by atoms with Crippen LogP contribution in [0, 0.1) is 0 Å². The Bertz CT molecular complexity index is 1370. The van der Waals surface area contributed by atoms with Crippen LogP contribution in [0.15, 0.2) is 59.4 Å². The van der Waals surface area contributed by atoms with Crippen molar-refractivity contribution in [3.63, 3.8) is 0 Å². The van der Waals surface area contributed by atoms with Crippen LogP contribution in [0.1, 0.15) is 33.0 Å². The Morgan fingerprint density at radius 2 is 1.84 bits per heavy atom. The number of morpholine rings is 1. The SMILES string of the molecule is CC(C)(C)c1cc(NC(=O)Nc2ccc(-c3cn4cc(OCCCN5CCOCC5)ccc4n3)cc2)no1. The van der Waals surface area contributed by atoms with Gasteiger partial charge in [-0.25, -0.2) is 9.78 Å². The highest BCUT2D eigenvalue weighted by atomic mass is 16.5. The summed E-state index contributed by atoms with van der Waals surface area (Å²) in [4.78, 5) is 19.5. The van der Waals surface area contributed by atoms with E-state index < -0.39 is 6.03 Å². The molecule has 10 nitrogen and oxygen atoms in total. The van der Waals surface area contributed by atoms with Crippen molar-refractivity contribution in [3.8, 4) is 17.0 Å². The van der Waals surface area contributed by atoms with Crippen LogP contribution in [0.2, 0.25) is 0 Å². The lowest BCUT2D eigenvalue weighted by Gasteiger charge is -2.26. The predicted molar refractivity (Wildman–Crippen MR) is 146 cm³/mol. The van der Waals surface area contributed by atoms with Crippen LogP contribution >= 0.6 is 0 Å². The molecule has 4 heterocycles. The molecule has 0 spiro atoms. The average molecular weight is 519 g/mol. The third kappa shape index (κ3) is 6.51. The molecule has 3 aromatic heterocycles. The van der Waals surface area contributed by atoms with E-state index in [2.05, 4.69) is 20.7 Å². The summed E-state index contributed by atoms with van der Waals surface area (Å²) in [5.41, 5.74) is 3.09. The fraction of sp³-hybridized carbons (Fsp3) is 0.393. The Kier molecular flexibility index (Phi) is 7.62. The number of benzene rings is 1. The number of pyridine rings is 1. The van der Waals surface area contributed by atoms with E-state index in [0.29, 0.717) is 23.9 Å². The Balaban J connectivity index is 1.15. The lowest BCUT2D eigenvalue weighted by atomic mass is 9.93. The van der Waals surface area contributed by atoms with Crippen molar-refractivity contribution in [3.05, 3.63) is 60.6 Å². The molecule has 1 saturated heterocycles. The number of carbonyl (C=O) groups is 1. The second-order valence-corrected chi connectivity index (χ2v) is 10.4. The number of rotatable bonds is 8. The molecule has 1 fully saturated rings. The van der Waals surface area contributed by atoms with Crippen molar-refractivity contribution < 1.29 is 18.8 Å². The summed E-state index contributed by atoms with van der Waals surface area (Å²) < 4.78 is 18.6. The zero-order chi connectivity index (χ0) is 26.5. The van der Waals surface area contributed by atoms with Gasteiger partial charge in [0.05, 0.1) is 31.7 Å². The van der Waals surface area contributed by atoms with Gasteiger partial charge < -0.3 is 23.7 Å². The van der Waals surface area contributed by atoms with Crippen molar-refractivity contribution >= 4 is 23.2 Å². The maximum Gasteiger partial charge on any atom is 0.324 e. The molecule has 10 heteroatoms. The van der Waals surface area contributed by atoms with Gasteiger partial charge in [0, 0.05) is 48.6 Å². The van der Waals surface area contributed by atoms with Gasteiger partial charge in [-0.1, -0.05) is 38.1 Å². The summed E-state index contributed by atoms with van der Waals surface area (Å²) in [6.45, 7) is 11.4. The molecule has 4 aromatic rings. The minimum atomic E-state index is -0.392. The summed E-state index contributed by atoms with van der Waals surface area (Å²) in [6.07, 6.45) is 4.90. The number of urea groups is 1. The molecule has 5 rings (SSSR count). The monoisotopic (exact) mass is 518 g/mol. The van der Waals surface area contributed by atoms with Crippen LogP contribution in [0.5, 0.6) is 5.75 Å². The number of nitrogens with one attached hydrogen (secondary N) is 2. The highest BCUT2D eigenvalue weighted by Crippen LogP contribution is 2.25. The molecule has 2 N–H and O–H groups in total. The molecular weight excluding hydrogens is 484 g/mol. The molecular formula is C28H34N6O4. The van der Waals surface area contributed by atoms with E-state index in [1.165, 1.54) is 0 Å². The lowest BCUT2D eigenvalue weighted by Crippen LogP contribution is -2.37. The van der Waals surface area contributed by atoms with Gasteiger partial charge >= 0.3 is 6.03 Å². The first kappa shape index (κ1) is 25.7. The van der Waals surface area contributed by atoms with Crippen molar-refractivity contribution in [1.29, 1.82) is 0 Å². The summed E-state index contributed by atoms with van der Waals surface area (Å²) in [7, 11) is 0. The van der Waals surface area contributed by atoms with E-state index in [0.717, 1.165) is 61.9 Å². The van der Waals surface area contributed by atoms with Gasteiger partial charge in [-0.05, 0) is 30.7 Å². The Morgan fingerprint density at radius 1 is 1.05 bits per heavy atom. The number of imidazole rings is 1. The number of hydrogen-bond donors (Lipinski definition) is 2. The zero-order valence-corrected chi connectivity index (χ0v) is 22.1. The van der Waals surface area contributed by atoms with Crippen LogP contribution in [0.3, 0.4) is 0 Å². The highest BCUT2D eigenvalue weighted by Gasteiger charge is 2.20. The van der Waals surface area contributed by atoms with E-state index in [9.17, 15) is 4.79 Å². The molecule has 0 unspecified atom stereocenters. The molecule has 0 saturated carbocycles. The topological polar surface area (TPSA) is 106 Å². The van der Waals surface area contributed by atoms with Gasteiger partial charge in [0.1, 0.15) is 17.2 Å². The standard InChI is InChI=1S/C28H34N6O4/c1-28(2,3)24-17-25(32-38-24)31-27(35)29-21-7-5-20(6-8-21)23-19-34-18-22(9-10-26(34)30-23)37-14-4-11-33-12-15-36-16-13-33/h5-10,17-19H,4,11-16H2,1-3H3,(H2,29,31,32,35). The van der Waals surface area contributed by atoms with E-state index in [1.807, 2.05) is 74.0 Å². The maximum absolute atomic E-state index is 12.4. The Hall–Kier alpha value is -3.89. The van der Waals surface area contributed by atoms with Crippen molar-refractivity contribution in [2.45, 2.75) is 32.6 Å². The predicted octanol–water partition coefficient (Wildman–Crippen LogP) is 5.03. The molecule has 0 atom stereocenters. The molecule has 0 bridgehead atoms. The molecule has 200 valence electrons. The maximum atomic E-state index is 12.4. The average Bonchev–Trinajstić information content (AvgIpc) is 3.55. The summed E-state index contributed by atoms with van der Waals surface area (Å²) >= 11 is 0. The Labute approximate surface area is 221 Å². The third-order valence-electron chi connectivity index (χ3n) is 6.34. The van der Waals surface area contributed by atoms with E-state index in [1.54, 1.807) is 6.07 Å². The largest absolute Gasteiger partial charge is 0.492 e. The number of fused-ring (bicyclic) bond motifs is 1. The van der Waals surface area contributed by atoms with Crippen molar-refractivity contribution in [2.75, 3.05) is 50.1 Å². The van der Waals surface area contributed by atoms with Crippen molar-refractivity contribution in [1.82, 2.24) is 19.4 Å². The minimum absolute atomic E-state index is 0.186.